The molecule has 4 rings (SSSR count). The number of methoxy groups -OCH3 is 1. The van der Waals surface area contributed by atoms with Crippen LogP contribution in [-0.2, 0) is 11.2 Å². The second-order valence-electron chi connectivity index (χ2n) is 9.93. The van der Waals surface area contributed by atoms with E-state index in [0.29, 0.717) is 16.5 Å². The van der Waals surface area contributed by atoms with Crippen LogP contribution in [0.1, 0.15) is 63.6 Å². The minimum absolute atomic E-state index is 0.0361. The zero-order chi connectivity index (χ0) is 22.6. The zero-order valence-corrected chi connectivity index (χ0v) is 19.3. The lowest BCUT2D eigenvalue weighted by atomic mass is 9.81. The average molecular weight is 462 g/mol. The quantitative estimate of drug-likeness (QED) is 0.554. The van der Waals surface area contributed by atoms with Gasteiger partial charge in [0.15, 0.2) is 11.5 Å². The van der Waals surface area contributed by atoms with E-state index in [0.717, 1.165) is 43.5 Å². The lowest BCUT2D eigenvalue weighted by Gasteiger charge is -2.45. The van der Waals surface area contributed by atoms with E-state index in [4.69, 9.17) is 25.8 Å². The van der Waals surface area contributed by atoms with E-state index in [1.54, 1.807) is 7.11 Å². The molecular weight excluding hydrogens is 431 g/mol. The van der Waals surface area contributed by atoms with Crippen molar-refractivity contribution in [2.24, 2.45) is 5.92 Å². The zero-order valence-electron chi connectivity index (χ0n) is 18.5. The largest absolute Gasteiger partial charge is 0.493 e. The third kappa shape index (κ3) is 4.79. The summed E-state index contributed by atoms with van der Waals surface area (Å²) in [6, 6.07) is 2.21. The number of rotatable bonds is 4. The number of hydrogen-bond donors (Lipinski definition) is 0. The number of hydrogen-bond acceptors (Lipinski definition) is 4. The monoisotopic (exact) mass is 461 g/mol. The maximum Gasteiger partial charge on any atom is 0.392 e. The van der Waals surface area contributed by atoms with E-state index in [2.05, 4.69) is 25.7 Å². The van der Waals surface area contributed by atoms with Crippen LogP contribution in [0.3, 0.4) is 0 Å². The molecule has 8 heteroatoms. The first-order valence-corrected chi connectivity index (χ1v) is 11.4. The first kappa shape index (κ1) is 23.0. The molecule has 1 saturated carbocycles. The van der Waals surface area contributed by atoms with Crippen molar-refractivity contribution in [1.29, 1.82) is 0 Å². The number of piperidine rings is 1. The van der Waals surface area contributed by atoms with Gasteiger partial charge in [0.2, 0.25) is 0 Å². The Balaban J connectivity index is 1.51. The van der Waals surface area contributed by atoms with Crippen LogP contribution in [0.15, 0.2) is 6.07 Å². The Morgan fingerprint density at radius 2 is 1.81 bits per heavy atom. The van der Waals surface area contributed by atoms with Gasteiger partial charge in [0.1, 0.15) is 6.10 Å². The predicted molar refractivity (Wildman–Crippen MR) is 113 cm³/mol. The van der Waals surface area contributed by atoms with Crippen LogP contribution in [0.4, 0.5) is 13.2 Å². The first-order valence-electron chi connectivity index (χ1n) is 11.0. The predicted octanol–water partition coefficient (Wildman–Crippen LogP) is 5.95. The van der Waals surface area contributed by atoms with Gasteiger partial charge in [-0.05, 0) is 70.1 Å². The SMILES string of the molecule is COc1cc2c(c(Cl)c1OC1CC(C(F)(F)F)C1)CCN1CC(OC(C)(C)C)CCC21. The summed E-state index contributed by atoms with van der Waals surface area (Å²) in [5, 5.41) is 0.484. The molecule has 31 heavy (non-hydrogen) atoms. The summed E-state index contributed by atoms with van der Waals surface area (Å²) in [6.45, 7) is 7.98. The minimum Gasteiger partial charge on any atom is -0.493 e. The summed E-state index contributed by atoms with van der Waals surface area (Å²) in [5.74, 6) is -0.417. The van der Waals surface area contributed by atoms with Crippen LogP contribution in [-0.4, -0.2) is 49.1 Å². The Morgan fingerprint density at radius 3 is 2.42 bits per heavy atom. The van der Waals surface area contributed by atoms with Crippen molar-refractivity contribution in [3.8, 4) is 11.5 Å². The Labute approximate surface area is 187 Å². The molecule has 1 saturated heterocycles. The lowest BCUT2D eigenvalue weighted by molar-refractivity contribution is -0.210. The fraction of sp³-hybridized carbons (Fsp3) is 0.739. The fourth-order valence-corrected chi connectivity index (χ4v) is 5.37. The Morgan fingerprint density at radius 1 is 1.10 bits per heavy atom. The van der Waals surface area contributed by atoms with Crippen LogP contribution in [0, 0.1) is 5.92 Å². The molecule has 3 aliphatic rings. The highest BCUT2D eigenvalue weighted by molar-refractivity contribution is 6.33. The van der Waals surface area contributed by atoms with Gasteiger partial charge >= 0.3 is 6.18 Å². The molecule has 0 bridgehead atoms. The van der Waals surface area contributed by atoms with Gasteiger partial charge in [-0.2, -0.15) is 13.2 Å². The van der Waals surface area contributed by atoms with E-state index in [9.17, 15) is 13.2 Å². The Kier molecular flexibility index (Phi) is 6.16. The standard InChI is InChI=1S/C23H31ClF3NO3/c1-22(2,3)31-14-5-6-18-17-11-19(29-4)21(20(24)16(17)7-8-28(18)12-14)30-15-9-13(10-15)23(25,26)27/h11,13-15,18H,5-10,12H2,1-4H3. The highest BCUT2D eigenvalue weighted by Crippen LogP contribution is 2.50. The van der Waals surface area contributed by atoms with E-state index in [1.807, 2.05) is 6.07 Å². The molecule has 174 valence electrons. The smallest absolute Gasteiger partial charge is 0.392 e. The van der Waals surface area contributed by atoms with Gasteiger partial charge < -0.3 is 14.2 Å². The van der Waals surface area contributed by atoms with Gasteiger partial charge in [-0.3, -0.25) is 4.90 Å². The highest BCUT2D eigenvalue weighted by atomic mass is 35.5. The number of alkyl halides is 3. The Hall–Kier alpha value is -1.18. The van der Waals surface area contributed by atoms with Crippen molar-refractivity contribution in [3.05, 3.63) is 22.2 Å². The van der Waals surface area contributed by atoms with E-state index < -0.39 is 18.2 Å². The maximum atomic E-state index is 12.8. The molecule has 2 aliphatic heterocycles. The summed E-state index contributed by atoms with van der Waals surface area (Å²) < 4.78 is 56.1. The number of ether oxygens (including phenoxy) is 3. The van der Waals surface area contributed by atoms with Crippen molar-refractivity contribution in [2.75, 3.05) is 20.2 Å². The van der Waals surface area contributed by atoms with E-state index in [-0.39, 0.29) is 30.6 Å². The third-order valence-electron chi connectivity index (χ3n) is 6.55. The summed E-state index contributed by atoms with van der Waals surface area (Å²) in [5.41, 5.74) is 1.99. The van der Waals surface area contributed by atoms with Crippen LogP contribution >= 0.6 is 11.6 Å². The van der Waals surface area contributed by atoms with Crippen molar-refractivity contribution in [2.45, 2.75) is 82.9 Å². The molecule has 2 atom stereocenters. The fourth-order valence-electron chi connectivity index (χ4n) is 5.03. The molecule has 1 aromatic carbocycles. The lowest BCUT2D eigenvalue weighted by Crippen LogP contribution is -2.47. The second-order valence-corrected chi connectivity index (χ2v) is 10.3. The van der Waals surface area contributed by atoms with Gasteiger partial charge in [-0.15, -0.1) is 0 Å². The molecule has 2 fully saturated rings. The first-order chi connectivity index (χ1) is 14.5. The molecule has 0 N–H and O–H groups in total. The summed E-state index contributed by atoms with van der Waals surface area (Å²) in [7, 11) is 1.54. The third-order valence-corrected chi connectivity index (χ3v) is 6.95. The summed E-state index contributed by atoms with van der Waals surface area (Å²) in [6.07, 6.45) is -1.82. The topological polar surface area (TPSA) is 30.9 Å². The van der Waals surface area contributed by atoms with Crippen molar-refractivity contribution < 1.29 is 27.4 Å². The molecule has 2 unspecified atom stereocenters. The minimum atomic E-state index is -4.16. The maximum absolute atomic E-state index is 12.8. The Bertz CT molecular complexity index is 818. The van der Waals surface area contributed by atoms with Crippen LogP contribution in [0.5, 0.6) is 11.5 Å². The summed E-state index contributed by atoms with van der Waals surface area (Å²) >= 11 is 6.74. The average Bonchev–Trinajstić information content (AvgIpc) is 2.62. The van der Waals surface area contributed by atoms with Crippen LogP contribution in [0.25, 0.3) is 0 Å². The van der Waals surface area contributed by atoms with Crippen molar-refractivity contribution in [3.63, 3.8) is 0 Å². The van der Waals surface area contributed by atoms with Gasteiger partial charge in [0, 0.05) is 19.1 Å². The number of halogens is 4. The normalized spacial score (nSPS) is 29.0. The number of fused-ring (bicyclic) bond motifs is 3. The van der Waals surface area contributed by atoms with Crippen molar-refractivity contribution >= 4 is 11.6 Å². The van der Waals surface area contributed by atoms with Gasteiger partial charge in [0.05, 0.1) is 29.8 Å². The number of nitrogens with zero attached hydrogens (tertiary/aromatic N) is 1. The molecule has 0 aromatic heterocycles. The van der Waals surface area contributed by atoms with Gasteiger partial charge in [-0.25, -0.2) is 0 Å². The molecule has 0 amide bonds. The van der Waals surface area contributed by atoms with Gasteiger partial charge in [0.25, 0.3) is 0 Å². The number of benzene rings is 1. The van der Waals surface area contributed by atoms with E-state index >= 15 is 0 Å². The molecule has 4 nitrogen and oxygen atoms in total. The summed E-state index contributed by atoms with van der Waals surface area (Å²) in [4.78, 5) is 2.44. The highest BCUT2D eigenvalue weighted by Gasteiger charge is 2.49. The molecule has 1 aliphatic carbocycles. The molecule has 2 heterocycles. The molecule has 1 aromatic rings. The molecule has 0 radical (unpaired) electrons. The second kappa shape index (κ2) is 8.31. The van der Waals surface area contributed by atoms with Crippen LogP contribution < -0.4 is 9.47 Å². The van der Waals surface area contributed by atoms with Crippen LogP contribution in [0.2, 0.25) is 5.02 Å². The molecule has 0 spiro atoms. The van der Waals surface area contributed by atoms with Gasteiger partial charge in [-0.1, -0.05) is 11.6 Å². The molecular formula is C23H31ClF3NO3. The van der Waals surface area contributed by atoms with Crippen molar-refractivity contribution in [1.82, 2.24) is 4.90 Å². The van der Waals surface area contributed by atoms with E-state index in [1.165, 1.54) is 0 Å².